The van der Waals surface area contributed by atoms with E-state index in [1.54, 1.807) is 0 Å². The molecule has 0 saturated heterocycles. The third kappa shape index (κ3) is 6.70. The second-order valence-electron chi connectivity index (χ2n) is 4.44. The number of hydrogen-bond acceptors (Lipinski definition) is 5. The summed E-state index contributed by atoms with van der Waals surface area (Å²) >= 11 is 0. The van der Waals surface area contributed by atoms with Gasteiger partial charge in [-0.3, -0.25) is 4.79 Å². The van der Waals surface area contributed by atoms with Crippen LogP contribution in [-0.2, 0) is 17.9 Å². The first-order chi connectivity index (χ1) is 10.0. The van der Waals surface area contributed by atoms with Crippen LogP contribution < -0.4 is 10.6 Å². The highest BCUT2D eigenvalue weighted by molar-refractivity contribution is 5.73. The van der Waals surface area contributed by atoms with Crippen molar-refractivity contribution in [3.8, 4) is 0 Å². The van der Waals surface area contributed by atoms with E-state index < -0.39 is 5.97 Å². The zero-order valence-electron chi connectivity index (χ0n) is 12.4. The summed E-state index contributed by atoms with van der Waals surface area (Å²) < 4.78 is 1.21. The van der Waals surface area contributed by atoms with Crippen LogP contribution in [0, 0.1) is 0 Å². The van der Waals surface area contributed by atoms with Crippen molar-refractivity contribution >= 4 is 12.0 Å². The van der Waals surface area contributed by atoms with Crippen LogP contribution in [0.15, 0.2) is 6.20 Å². The first-order valence-electron chi connectivity index (χ1n) is 6.90. The van der Waals surface area contributed by atoms with Gasteiger partial charge in [0, 0.05) is 13.1 Å². The Hall–Kier alpha value is -2.16. The number of carboxylic acid groups (broad SMARTS) is 1. The number of nitrogens with zero attached hydrogens (tertiary/aromatic N) is 4. The van der Waals surface area contributed by atoms with E-state index in [2.05, 4.69) is 39.7 Å². The zero-order valence-corrected chi connectivity index (χ0v) is 12.4. The quantitative estimate of drug-likeness (QED) is 0.567. The number of carbonyl (C=O) groups is 2. The second kappa shape index (κ2) is 8.90. The number of aromatic nitrogens is 3. The molecule has 0 unspecified atom stereocenters. The molecule has 1 heterocycles. The van der Waals surface area contributed by atoms with Crippen molar-refractivity contribution in [2.75, 3.05) is 26.2 Å². The molecule has 118 valence electrons. The van der Waals surface area contributed by atoms with Gasteiger partial charge in [-0.15, -0.1) is 5.10 Å². The smallest absolute Gasteiger partial charge is 0.325 e. The van der Waals surface area contributed by atoms with Crippen molar-refractivity contribution < 1.29 is 14.7 Å². The third-order valence-electron chi connectivity index (χ3n) is 2.92. The number of amides is 2. The van der Waals surface area contributed by atoms with Gasteiger partial charge in [0.2, 0.25) is 0 Å². The molecular formula is C12H22N6O3. The van der Waals surface area contributed by atoms with Gasteiger partial charge in [-0.1, -0.05) is 19.1 Å². The van der Waals surface area contributed by atoms with Crippen LogP contribution in [0.2, 0.25) is 0 Å². The monoisotopic (exact) mass is 298 g/mol. The van der Waals surface area contributed by atoms with Crippen LogP contribution in [0.3, 0.4) is 0 Å². The summed E-state index contributed by atoms with van der Waals surface area (Å²) in [5, 5.41) is 21.4. The number of nitrogens with one attached hydrogen (secondary N) is 2. The number of urea groups is 1. The van der Waals surface area contributed by atoms with E-state index in [0.717, 1.165) is 19.6 Å². The largest absolute Gasteiger partial charge is 0.480 e. The van der Waals surface area contributed by atoms with Gasteiger partial charge in [0.25, 0.3) is 0 Å². The lowest BCUT2D eigenvalue weighted by molar-refractivity contribution is -0.137. The molecule has 0 aromatic carbocycles. The topological polar surface area (TPSA) is 112 Å². The number of likely N-dealkylation sites (N-methyl/N-ethyl adjacent to an activating group) is 1. The van der Waals surface area contributed by atoms with E-state index in [-0.39, 0.29) is 19.1 Å². The number of carbonyl (C=O) groups excluding carboxylic acids is 1. The van der Waals surface area contributed by atoms with Gasteiger partial charge in [0.15, 0.2) is 0 Å². The molecule has 9 heteroatoms. The third-order valence-corrected chi connectivity index (χ3v) is 2.92. The summed E-state index contributed by atoms with van der Waals surface area (Å²) in [7, 11) is 0. The SMILES string of the molecule is CCN(CC)CCNC(=O)NCc1cn(CC(=O)O)nn1. The fraction of sp³-hybridized carbons (Fsp3) is 0.667. The Bertz CT molecular complexity index is 458. The van der Waals surface area contributed by atoms with Gasteiger partial charge in [-0.05, 0) is 13.1 Å². The summed E-state index contributed by atoms with van der Waals surface area (Å²) in [5.41, 5.74) is 0.509. The molecule has 1 rings (SSSR count). The molecule has 1 aromatic rings. The normalized spacial score (nSPS) is 10.6. The van der Waals surface area contributed by atoms with Gasteiger partial charge in [-0.25, -0.2) is 9.48 Å². The number of rotatable bonds is 9. The summed E-state index contributed by atoms with van der Waals surface area (Å²) in [6, 6.07) is -0.282. The van der Waals surface area contributed by atoms with Crippen LogP contribution >= 0.6 is 0 Å². The molecule has 2 amide bonds. The summed E-state index contributed by atoms with van der Waals surface area (Å²) in [5.74, 6) is -0.992. The van der Waals surface area contributed by atoms with Crippen molar-refractivity contribution in [1.82, 2.24) is 30.5 Å². The molecule has 0 aliphatic rings. The lowest BCUT2D eigenvalue weighted by atomic mass is 10.4. The Balaban J connectivity index is 2.23. The molecular weight excluding hydrogens is 276 g/mol. The Morgan fingerprint density at radius 2 is 2.05 bits per heavy atom. The molecule has 3 N–H and O–H groups in total. The highest BCUT2D eigenvalue weighted by Gasteiger charge is 2.06. The molecule has 0 aliphatic carbocycles. The number of carboxylic acids is 1. The Morgan fingerprint density at radius 1 is 1.33 bits per heavy atom. The molecule has 0 bridgehead atoms. The van der Waals surface area contributed by atoms with Crippen molar-refractivity contribution in [1.29, 1.82) is 0 Å². The fourth-order valence-electron chi connectivity index (χ4n) is 1.74. The van der Waals surface area contributed by atoms with Gasteiger partial charge in [-0.2, -0.15) is 0 Å². The van der Waals surface area contributed by atoms with Crippen LogP contribution in [0.1, 0.15) is 19.5 Å². The average molecular weight is 298 g/mol. The molecule has 0 fully saturated rings. The zero-order chi connectivity index (χ0) is 15.7. The van der Waals surface area contributed by atoms with E-state index >= 15 is 0 Å². The highest BCUT2D eigenvalue weighted by atomic mass is 16.4. The van der Waals surface area contributed by atoms with Gasteiger partial charge >= 0.3 is 12.0 Å². The maximum atomic E-state index is 11.6. The summed E-state index contributed by atoms with van der Waals surface area (Å²) in [4.78, 5) is 24.3. The van der Waals surface area contributed by atoms with Crippen LogP contribution in [-0.4, -0.2) is 63.2 Å². The molecule has 1 aromatic heterocycles. The minimum atomic E-state index is -0.992. The first kappa shape index (κ1) is 16.9. The molecule has 0 aliphatic heterocycles. The van der Waals surface area contributed by atoms with Gasteiger partial charge < -0.3 is 20.6 Å². The molecule has 9 nitrogen and oxygen atoms in total. The summed E-state index contributed by atoms with van der Waals surface area (Å²) in [6.45, 7) is 7.38. The fourth-order valence-corrected chi connectivity index (χ4v) is 1.74. The Labute approximate surface area is 123 Å². The predicted octanol–water partition coefficient (Wildman–Crippen LogP) is -0.496. The van der Waals surface area contributed by atoms with Crippen molar-refractivity contribution in [2.45, 2.75) is 26.9 Å². The van der Waals surface area contributed by atoms with E-state index in [4.69, 9.17) is 5.11 Å². The molecule has 0 atom stereocenters. The van der Waals surface area contributed by atoms with Gasteiger partial charge in [0.05, 0.1) is 12.7 Å². The van der Waals surface area contributed by atoms with Crippen molar-refractivity contribution in [3.63, 3.8) is 0 Å². The van der Waals surface area contributed by atoms with Crippen molar-refractivity contribution in [3.05, 3.63) is 11.9 Å². The molecule has 0 radical (unpaired) electrons. The Morgan fingerprint density at radius 3 is 2.67 bits per heavy atom. The van der Waals surface area contributed by atoms with Crippen LogP contribution in [0.25, 0.3) is 0 Å². The minimum Gasteiger partial charge on any atom is -0.480 e. The second-order valence-corrected chi connectivity index (χ2v) is 4.44. The lowest BCUT2D eigenvalue weighted by Gasteiger charge is -2.17. The van der Waals surface area contributed by atoms with Crippen LogP contribution in [0.5, 0.6) is 0 Å². The molecule has 21 heavy (non-hydrogen) atoms. The van der Waals surface area contributed by atoms with E-state index in [1.165, 1.54) is 10.9 Å². The van der Waals surface area contributed by atoms with E-state index in [0.29, 0.717) is 12.2 Å². The van der Waals surface area contributed by atoms with Crippen LogP contribution in [0.4, 0.5) is 4.79 Å². The molecule has 0 spiro atoms. The van der Waals surface area contributed by atoms with E-state index in [9.17, 15) is 9.59 Å². The first-order valence-corrected chi connectivity index (χ1v) is 6.90. The minimum absolute atomic E-state index is 0.205. The van der Waals surface area contributed by atoms with Gasteiger partial charge in [0.1, 0.15) is 12.2 Å². The molecule has 0 saturated carbocycles. The number of hydrogen-bond donors (Lipinski definition) is 3. The standard InChI is InChI=1S/C12H22N6O3/c1-3-17(4-2)6-5-13-12(21)14-7-10-8-18(16-15-10)9-11(19)20/h8H,3-7,9H2,1-2H3,(H,19,20)(H2,13,14,21). The maximum absolute atomic E-state index is 11.6. The highest BCUT2D eigenvalue weighted by Crippen LogP contribution is 1.92. The average Bonchev–Trinajstić information content (AvgIpc) is 2.88. The van der Waals surface area contributed by atoms with E-state index in [1.807, 2.05) is 0 Å². The van der Waals surface area contributed by atoms with Crippen molar-refractivity contribution in [2.24, 2.45) is 0 Å². The number of aliphatic carboxylic acids is 1. The Kier molecular flexibility index (Phi) is 7.16. The maximum Gasteiger partial charge on any atom is 0.325 e. The lowest BCUT2D eigenvalue weighted by Crippen LogP contribution is -2.40. The summed E-state index contributed by atoms with van der Waals surface area (Å²) in [6.07, 6.45) is 1.49. The predicted molar refractivity (Wildman–Crippen MR) is 75.7 cm³/mol.